The molecule has 0 heterocycles. The molecule has 1 unspecified atom stereocenters. The number of aliphatic hydroxyl groups excluding tert-OH is 1. The molecular weight excluding hydrogens is 252 g/mol. The second-order valence-corrected chi connectivity index (χ2v) is 6.12. The number of sulfone groups is 1. The lowest BCUT2D eigenvalue weighted by atomic mass is 10.2. The lowest BCUT2D eigenvalue weighted by molar-refractivity contribution is 0.192. The zero-order valence-electron chi connectivity index (χ0n) is 10.1. The van der Waals surface area contributed by atoms with Crippen LogP contribution in [0.5, 0.6) is 0 Å². The van der Waals surface area contributed by atoms with Crippen LogP contribution in [0.2, 0.25) is 0 Å². The molecule has 0 amide bonds. The molecule has 18 heavy (non-hydrogen) atoms. The van der Waals surface area contributed by atoms with Gasteiger partial charge in [0, 0.05) is 13.1 Å². The van der Waals surface area contributed by atoms with Gasteiger partial charge in [-0.3, -0.25) is 0 Å². The molecule has 0 aliphatic heterocycles. The Labute approximate surface area is 107 Å². The van der Waals surface area contributed by atoms with E-state index in [9.17, 15) is 8.42 Å². The Kier molecular flexibility index (Phi) is 5.28. The summed E-state index contributed by atoms with van der Waals surface area (Å²) in [5, 5.41) is 20.5. The number of rotatable bonds is 6. The Balaban J connectivity index is 2.60. The van der Waals surface area contributed by atoms with E-state index < -0.39 is 15.9 Å². The summed E-state index contributed by atoms with van der Waals surface area (Å²) in [6.45, 7) is 2.28. The Morgan fingerprint density at radius 3 is 2.50 bits per heavy atom. The van der Waals surface area contributed by atoms with Gasteiger partial charge in [-0.25, -0.2) is 8.42 Å². The second-order valence-electron chi connectivity index (χ2n) is 4.01. The first-order chi connectivity index (χ1) is 8.45. The van der Waals surface area contributed by atoms with Crippen LogP contribution in [0.1, 0.15) is 12.5 Å². The van der Waals surface area contributed by atoms with Crippen LogP contribution in [0, 0.1) is 11.3 Å². The number of hydrogen-bond donors (Lipinski definition) is 2. The third kappa shape index (κ3) is 4.45. The molecular formula is C12H16N2O3S. The van der Waals surface area contributed by atoms with Crippen molar-refractivity contribution in [3.8, 4) is 6.07 Å². The number of aliphatic hydroxyl groups is 1. The van der Waals surface area contributed by atoms with Gasteiger partial charge in [-0.05, 0) is 31.2 Å². The Bertz CT molecular complexity index is 515. The van der Waals surface area contributed by atoms with Gasteiger partial charge in [0.05, 0.1) is 28.4 Å². The van der Waals surface area contributed by atoms with Crippen LogP contribution in [-0.2, 0) is 9.84 Å². The summed E-state index contributed by atoms with van der Waals surface area (Å²) < 4.78 is 23.8. The SMILES string of the molecule is CC(O)CNCCS(=O)(=O)c1ccc(C#N)cc1. The molecule has 0 spiro atoms. The van der Waals surface area contributed by atoms with Gasteiger partial charge in [0.15, 0.2) is 9.84 Å². The van der Waals surface area contributed by atoms with Crippen LogP contribution in [-0.4, -0.2) is 38.5 Å². The van der Waals surface area contributed by atoms with E-state index in [0.29, 0.717) is 12.1 Å². The highest BCUT2D eigenvalue weighted by atomic mass is 32.2. The molecule has 5 nitrogen and oxygen atoms in total. The van der Waals surface area contributed by atoms with E-state index in [1.54, 1.807) is 6.92 Å². The van der Waals surface area contributed by atoms with Crippen molar-refractivity contribution in [1.82, 2.24) is 5.32 Å². The minimum Gasteiger partial charge on any atom is -0.392 e. The molecule has 0 aliphatic rings. The van der Waals surface area contributed by atoms with Crippen LogP contribution in [0.15, 0.2) is 29.2 Å². The highest BCUT2D eigenvalue weighted by molar-refractivity contribution is 7.91. The zero-order chi connectivity index (χ0) is 13.6. The average molecular weight is 268 g/mol. The van der Waals surface area contributed by atoms with Crippen molar-refractivity contribution >= 4 is 9.84 Å². The fourth-order valence-corrected chi connectivity index (χ4v) is 2.57. The Hall–Kier alpha value is -1.42. The summed E-state index contributed by atoms with van der Waals surface area (Å²) in [4.78, 5) is 0.209. The molecule has 0 radical (unpaired) electrons. The molecule has 1 aromatic carbocycles. The normalized spacial score (nSPS) is 12.9. The van der Waals surface area contributed by atoms with Crippen molar-refractivity contribution < 1.29 is 13.5 Å². The number of benzene rings is 1. The Morgan fingerprint density at radius 2 is 2.00 bits per heavy atom. The monoisotopic (exact) mass is 268 g/mol. The summed E-state index contributed by atoms with van der Waals surface area (Å²) in [6.07, 6.45) is -0.498. The van der Waals surface area contributed by atoms with Crippen LogP contribution < -0.4 is 5.32 Å². The predicted octanol–water partition coefficient (Wildman–Crippen LogP) is 0.302. The standard InChI is InChI=1S/C12H16N2O3S/c1-10(15)9-14-6-7-18(16,17)12-4-2-11(8-13)3-5-12/h2-5,10,14-15H,6-7,9H2,1H3. The number of nitrogens with zero attached hydrogens (tertiary/aromatic N) is 1. The smallest absolute Gasteiger partial charge is 0.179 e. The lowest BCUT2D eigenvalue weighted by Gasteiger charge is -2.07. The Morgan fingerprint density at radius 1 is 1.39 bits per heavy atom. The third-order valence-electron chi connectivity index (χ3n) is 2.33. The van der Waals surface area contributed by atoms with Crippen molar-refractivity contribution in [3.63, 3.8) is 0 Å². The van der Waals surface area contributed by atoms with E-state index in [4.69, 9.17) is 10.4 Å². The molecule has 2 N–H and O–H groups in total. The molecule has 0 aromatic heterocycles. The molecule has 6 heteroatoms. The van der Waals surface area contributed by atoms with Crippen LogP contribution in [0.4, 0.5) is 0 Å². The number of hydrogen-bond acceptors (Lipinski definition) is 5. The molecule has 0 bridgehead atoms. The van der Waals surface area contributed by atoms with Gasteiger partial charge in [0.25, 0.3) is 0 Å². The van der Waals surface area contributed by atoms with Gasteiger partial charge in [-0.1, -0.05) is 0 Å². The topological polar surface area (TPSA) is 90.2 Å². The summed E-state index contributed by atoms with van der Waals surface area (Å²) in [5.41, 5.74) is 0.432. The van der Waals surface area contributed by atoms with Crippen molar-refractivity contribution in [2.24, 2.45) is 0 Å². The minimum absolute atomic E-state index is 0.0361. The minimum atomic E-state index is -3.34. The van der Waals surface area contributed by atoms with Gasteiger partial charge in [0.2, 0.25) is 0 Å². The van der Waals surface area contributed by atoms with E-state index in [1.165, 1.54) is 24.3 Å². The van der Waals surface area contributed by atoms with Crippen molar-refractivity contribution in [3.05, 3.63) is 29.8 Å². The first-order valence-electron chi connectivity index (χ1n) is 5.57. The molecule has 98 valence electrons. The van der Waals surface area contributed by atoms with Crippen LogP contribution in [0.25, 0.3) is 0 Å². The maximum absolute atomic E-state index is 11.9. The fraction of sp³-hybridized carbons (Fsp3) is 0.417. The van der Waals surface area contributed by atoms with Crippen LogP contribution in [0.3, 0.4) is 0 Å². The van der Waals surface area contributed by atoms with E-state index in [0.717, 1.165) is 0 Å². The average Bonchev–Trinajstić information content (AvgIpc) is 2.34. The maximum Gasteiger partial charge on any atom is 0.179 e. The fourth-order valence-electron chi connectivity index (χ4n) is 1.37. The number of nitrogens with one attached hydrogen (secondary N) is 1. The highest BCUT2D eigenvalue weighted by Gasteiger charge is 2.13. The number of nitriles is 1. The van der Waals surface area contributed by atoms with Crippen LogP contribution >= 0.6 is 0 Å². The molecule has 0 saturated heterocycles. The largest absolute Gasteiger partial charge is 0.392 e. The molecule has 1 aromatic rings. The molecule has 1 rings (SSSR count). The first-order valence-corrected chi connectivity index (χ1v) is 7.22. The van der Waals surface area contributed by atoms with E-state index in [2.05, 4.69) is 5.32 Å². The quantitative estimate of drug-likeness (QED) is 0.724. The molecule has 1 atom stereocenters. The summed E-state index contributed by atoms with van der Waals surface area (Å²) in [5.74, 6) is -0.0361. The van der Waals surface area contributed by atoms with E-state index >= 15 is 0 Å². The maximum atomic E-state index is 11.9. The summed E-state index contributed by atoms with van der Waals surface area (Å²) in [6, 6.07) is 7.77. The van der Waals surface area contributed by atoms with Crippen molar-refractivity contribution in [2.45, 2.75) is 17.9 Å². The summed E-state index contributed by atoms with van der Waals surface area (Å²) in [7, 11) is -3.34. The van der Waals surface area contributed by atoms with Gasteiger partial charge in [-0.15, -0.1) is 0 Å². The van der Waals surface area contributed by atoms with E-state index in [1.807, 2.05) is 6.07 Å². The first kappa shape index (κ1) is 14.6. The predicted molar refractivity (Wildman–Crippen MR) is 67.8 cm³/mol. The lowest BCUT2D eigenvalue weighted by Crippen LogP contribution is -2.29. The molecule has 0 aliphatic carbocycles. The van der Waals surface area contributed by atoms with Crippen molar-refractivity contribution in [2.75, 3.05) is 18.8 Å². The zero-order valence-corrected chi connectivity index (χ0v) is 10.9. The third-order valence-corrected chi connectivity index (χ3v) is 4.06. The molecule has 0 saturated carbocycles. The van der Waals surface area contributed by atoms with Gasteiger partial charge in [0.1, 0.15) is 0 Å². The van der Waals surface area contributed by atoms with Gasteiger partial charge >= 0.3 is 0 Å². The van der Waals surface area contributed by atoms with Gasteiger partial charge in [-0.2, -0.15) is 5.26 Å². The van der Waals surface area contributed by atoms with E-state index in [-0.39, 0.29) is 17.2 Å². The highest BCUT2D eigenvalue weighted by Crippen LogP contribution is 2.11. The second kappa shape index (κ2) is 6.50. The van der Waals surface area contributed by atoms with Gasteiger partial charge < -0.3 is 10.4 Å². The molecule has 0 fully saturated rings. The van der Waals surface area contributed by atoms with Crippen molar-refractivity contribution in [1.29, 1.82) is 5.26 Å². The summed E-state index contributed by atoms with van der Waals surface area (Å²) >= 11 is 0.